The second-order valence-electron chi connectivity index (χ2n) is 3.33. The van der Waals surface area contributed by atoms with E-state index in [1.807, 2.05) is 0 Å². The highest BCUT2D eigenvalue weighted by Gasteiger charge is 2.70. The number of benzene rings is 1. The summed E-state index contributed by atoms with van der Waals surface area (Å²) in [5, 5.41) is 8.81. The monoisotopic (exact) mass is 259 g/mol. The minimum absolute atomic E-state index is 0.417. The van der Waals surface area contributed by atoms with Gasteiger partial charge in [0.05, 0.1) is 0 Å². The van der Waals surface area contributed by atoms with Gasteiger partial charge in [-0.3, -0.25) is 5.73 Å². The average Bonchev–Trinajstić information content (AvgIpc) is 2.16. The first-order valence-corrected chi connectivity index (χ1v) is 4.22. The first kappa shape index (κ1) is 13.6. The Balaban J connectivity index is 3.23. The van der Waals surface area contributed by atoms with E-state index < -0.39 is 29.2 Å². The Morgan fingerprint density at radius 2 is 1.29 bits per heavy atom. The van der Waals surface area contributed by atoms with E-state index in [0.29, 0.717) is 12.1 Å². The van der Waals surface area contributed by atoms with Crippen LogP contribution in [0.25, 0.3) is 0 Å². The molecule has 0 amide bonds. The molecule has 0 bridgehead atoms. The summed E-state index contributed by atoms with van der Waals surface area (Å²) in [6.07, 6.45) is -6.12. The quantitative estimate of drug-likeness (QED) is 0.633. The summed E-state index contributed by atoms with van der Waals surface area (Å²) < 4.78 is 75.0. The smallest absolute Gasteiger partial charge is 0.458 e. The molecule has 0 aromatic heterocycles. The van der Waals surface area contributed by atoms with E-state index in [1.165, 1.54) is 0 Å². The summed E-state index contributed by atoms with van der Waals surface area (Å²) in [5.41, 5.74) is 3.35. The van der Waals surface area contributed by atoms with Crippen molar-refractivity contribution in [2.75, 3.05) is 0 Å². The molecule has 0 radical (unpaired) electrons. The summed E-state index contributed by atoms with van der Waals surface area (Å²) >= 11 is 0. The molecule has 8 heteroatoms. The van der Waals surface area contributed by atoms with E-state index in [9.17, 15) is 26.3 Å². The number of alkyl halides is 6. The third kappa shape index (κ3) is 2.17. The zero-order valence-corrected chi connectivity index (χ0v) is 8.10. The lowest BCUT2D eigenvalue weighted by molar-refractivity contribution is -0.330. The Morgan fingerprint density at radius 1 is 0.882 bits per heavy atom. The predicted octanol–water partition coefficient (Wildman–Crippen LogP) is 2.67. The van der Waals surface area contributed by atoms with Crippen molar-refractivity contribution in [2.24, 2.45) is 5.73 Å². The molecular weight excluding hydrogens is 252 g/mol. The number of phenolic OH excluding ortho intramolecular Hbond substituents is 1. The molecule has 0 saturated carbocycles. The molecule has 0 fully saturated rings. The van der Waals surface area contributed by atoms with Crippen molar-refractivity contribution in [3.05, 3.63) is 29.8 Å². The Hall–Kier alpha value is -1.44. The minimum Gasteiger partial charge on any atom is -0.508 e. The molecule has 0 aliphatic carbocycles. The predicted molar refractivity (Wildman–Crippen MR) is 46.1 cm³/mol. The van der Waals surface area contributed by atoms with Gasteiger partial charge < -0.3 is 5.11 Å². The lowest BCUT2D eigenvalue weighted by Crippen LogP contribution is -2.57. The Bertz CT molecular complexity index is 397. The number of hydrogen-bond donors (Lipinski definition) is 2. The van der Waals surface area contributed by atoms with Crippen LogP contribution in [0.15, 0.2) is 24.3 Å². The number of nitrogens with two attached hydrogens (primary N) is 1. The van der Waals surface area contributed by atoms with Gasteiger partial charge in [-0.2, -0.15) is 22.0 Å². The van der Waals surface area contributed by atoms with Gasteiger partial charge in [-0.15, -0.1) is 0 Å². The Morgan fingerprint density at radius 3 is 1.65 bits per heavy atom. The summed E-state index contributed by atoms with van der Waals surface area (Å²) in [7, 11) is 0. The highest BCUT2D eigenvalue weighted by atomic mass is 19.4. The van der Waals surface area contributed by atoms with Crippen molar-refractivity contribution >= 4 is 0 Å². The van der Waals surface area contributed by atoms with E-state index >= 15 is 0 Å². The van der Waals surface area contributed by atoms with Gasteiger partial charge in [-0.25, -0.2) is 4.39 Å². The SMILES string of the molecule is NC(F)(c1ccc(O)cc1)C(F)(F)C(F)(F)F. The van der Waals surface area contributed by atoms with Gasteiger partial charge in [0.15, 0.2) is 0 Å². The summed E-state index contributed by atoms with van der Waals surface area (Å²) in [6.45, 7) is 0. The molecule has 96 valence electrons. The fourth-order valence-corrected chi connectivity index (χ4v) is 1.09. The zero-order valence-electron chi connectivity index (χ0n) is 8.10. The van der Waals surface area contributed by atoms with Gasteiger partial charge in [0.25, 0.3) is 5.79 Å². The van der Waals surface area contributed by atoms with Crippen molar-refractivity contribution in [3.8, 4) is 5.75 Å². The number of hydrogen-bond acceptors (Lipinski definition) is 2. The largest absolute Gasteiger partial charge is 0.508 e. The van der Waals surface area contributed by atoms with Crippen LogP contribution in [-0.2, 0) is 5.79 Å². The lowest BCUT2D eigenvalue weighted by atomic mass is 9.98. The molecule has 17 heavy (non-hydrogen) atoms. The molecule has 1 aromatic rings. The van der Waals surface area contributed by atoms with Crippen LogP contribution in [0.4, 0.5) is 26.3 Å². The van der Waals surface area contributed by atoms with E-state index in [2.05, 4.69) is 5.73 Å². The number of phenols is 1. The van der Waals surface area contributed by atoms with E-state index in [1.54, 1.807) is 0 Å². The molecular formula is C9H7F6NO. The molecule has 0 heterocycles. The number of rotatable bonds is 2. The molecule has 1 aromatic carbocycles. The van der Waals surface area contributed by atoms with E-state index in [-0.39, 0.29) is 0 Å². The van der Waals surface area contributed by atoms with Gasteiger partial charge in [0.1, 0.15) is 5.75 Å². The van der Waals surface area contributed by atoms with Gasteiger partial charge in [0, 0.05) is 5.56 Å². The van der Waals surface area contributed by atoms with Crippen LogP contribution in [0.5, 0.6) is 5.75 Å². The molecule has 0 saturated heterocycles. The second kappa shape index (κ2) is 3.80. The van der Waals surface area contributed by atoms with Crippen LogP contribution in [0.1, 0.15) is 5.56 Å². The molecule has 0 aliphatic rings. The normalized spacial score (nSPS) is 16.6. The minimum atomic E-state index is -6.12. The summed E-state index contributed by atoms with van der Waals surface area (Å²) in [5.74, 6) is -10.6. The maximum atomic E-state index is 13.5. The number of halogens is 6. The van der Waals surface area contributed by atoms with E-state index in [0.717, 1.165) is 12.1 Å². The first-order valence-electron chi connectivity index (χ1n) is 4.22. The standard InChI is InChI=1S/C9H7F6NO/c10-7(16,8(11,12)9(13,14)15)5-1-3-6(17)4-2-5/h1-4,17H,16H2. The van der Waals surface area contributed by atoms with Crippen molar-refractivity contribution in [1.29, 1.82) is 0 Å². The first-order chi connectivity index (χ1) is 7.50. The fraction of sp³-hybridized carbons (Fsp3) is 0.333. The molecule has 1 rings (SSSR count). The van der Waals surface area contributed by atoms with Gasteiger partial charge in [-0.1, -0.05) is 12.1 Å². The van der Waals surface area contributed by atoms with E-state index in [4.69, 9.17) is 5.11 Å². The Labute approximate surface area is 91.7 Å². The maximum absolute atomic E-state index is 13.5. The molecule has 1 atom stereocenters. The van der Waals surface area contributed by atoms with Crippen molar-refractivity contribution < 1.29 is 31.4 Å². The van der Waals surface area contributed by atoms with Crippen molar-refractivity contribution in [2.45, 2.75) is 17.9 Å². The summed E-state index contributed by atoms with van der Waals surface area (Å²) in [4.78, 5) is 0. The van der Waals surface area contributed by atoms with Crippen LogP contribution in [-0.4, -0.2) is 17.2 Å². The maximum Gasteiger partial charge on any atom is 0.458 e. The third-order valence-corrected chi connectivity index (χ3v) is 2.10. The van der Waals surface area contributed by atoms with Crippen LogP contribution < -0.4 is 5.73 Å². The second-order valence-corrected chi connectivity index (χ2v) is 3.33. The number of aromatic hydroxyl groups is 1. The van der Waals surface area contributed by atoms with Crippen LogP contribution in [0, 0.1) is 0 Å². The van der Waals surface area contributed by atoms with Crippen molar-refractivity contribution in [1.82, 2.24) is 0 Å². The zero-order chi connectivity index (χ0) is 13.5. The summed E-state index contributed by atoms with van der Waals surface area (Å²) in [6, 6.07) is 2.61. The van der Waals surface area contributed by atoms with Crippen LogP contribution >= 0.6 is 0 Å². The topological polar surface area (TPSA) is 46.2 Å². The molecule has 1 unspecified atom stereocenters. The van der Waals surface area contributed by atoms with Gasteiger partial charge >= 0.3 is 12.1 Å². The average molecular weight is 259 g/mol. The molecule has 0 aliphatic heterocycles. The van der Waals surface area contributed by atoms with Gasteiger partial charge in [0.2, 0.25) is 0 Å². The lowest BCUT2D eigenvalue weighted by Gasteiger charge is -2.31. The molecule has 3 N–H and O–H groups in total. The molecule has 2 nitrogen and oxygen atoms in total. The molecule has 0 spiro atoms. The highest BCUT2D eigenvalue weighted by Crippen LogP contribution is 2.47. The van der Waals surface area contributed by atoms with Gasteiger partial charge in [-0.05, 0) is 12.1 Å². The fourth-order valence-electron chi connectivity index (χ4n) is 1.09. The van der Waals surface area contributed by atoms with Crippen LogP contribution in [0.2, 0.25) is 0 Å². The van der Waals surface area contributed by atoms with Crippen molar-refractivity contribution in [3.63, 3.8) is 0 Å². The Kier molecular flexibility index (Phi) is 3.04. The highest BCUT2D eigenvalue weighted by molar-refractivity contribution is 5.31. The third-order valence-electron chi connectivity index (χ3n) is 2.10. The van der Waals surface area contributed by atoms with Crippen LogP contribution in [0.3, 0.4) is 0 Å².